The smallest absolute Gasteiger partial charge is 0.0907 e. The summed E-state index contributed by atoms with van der Waals surface area (Å²) in [6, 6.07) is 7.58. The molecule has 3 heterocycles. The van der Waals surface area contributed by atoms with Crippen LogP contribution in [0.4, 0.5) is 0 Å². The Bertz CT molecular complexity index is 643. The summed E-state index contributed by atoms with van der Waals surface area (Å²) in [5.74, 6) is 0.908. The van der Waals surface area contributed by atoms with Crippen molar-refractivity contribution in [3.63, 3.8) is 0 Å². The number of benzene rings is 1. The molecule has 2 aliphatic rings. The molecule has 2 saturated heterocycles. The van der Waals surface area contributed by atoms with Crippen molar-refractivity contribution in [2.75, 3.05) is 19.6 Å². The lowest BCUT2D eigenvalue weighted by molar-refractivity contribution is 0.157. The second-order valence-corrected chi connectivity index (χ2v) is 8.09. The number of nitrogens with one attached hydrogen (secondary N) is 1. The zero-order valence-corrected chi connectivity index (χ0v) is 15.4. The van der Waals surface area contributed by atoms with Gasteiger partial charge in [0.25, 0.3) is 0 Å². The molecule has 0 aliphatic carbocycles. The summed E-state index contributed by atoms with van der Waals surface area (Å²) in [7, 11) is 0. The fourth-order valence-corrected chi connectivity index (χ4v) is 4.96. The standard InChI is InChI=1S/C18H25N3S.ClH/c1-13-20-17-5-4-14(11-18(17)22-13)12-21-9-6-15(7-10-21)16-3-2-8-19-16;/h4-5,11,15-16,19H,2-3,6-10,12H2,1H3;1H. The molecule has 1 atom stereocenters. The highest BCUT2D eigenvalue weighted by Crippen LogP contribution is 2.27. The number of thiazole rings is 1. The van der Waals surface area contributed by atoms with Crippen molar-refractivity contribution in [3.05, 3.63) is 28.8 Å². The molecule has 126 valence electrons. The number of hydrogen-bond donors (Lipinski definition) is 1. The van der Waals surface area contributed by atoms with E-state index < -0.39 is 0 Å². The average molecular weight is 352 g/mol. The van der Waals surface area contributed by atoms with E-state index >= 15 is 0 Å². The fourth-order valence-electron chi connectivity index (χ4n) is 4.07. The molecule has 0 bridgehead atoms. The molecular weight excluding hydrogens is 326 g/mol. The molecule has 4 rings (SSSR count). The van der Waals surface area contributed by atoms with Gasteiger partial charge in [-0.2, -0.15) is 0 Å². The molecule has 3 nitrogen and oxygen atoms in total. The van der Waals surface area contributed by atoms with E-state index in [0.29, 0.717) is 0 Å². The summed E-state index contributed by atoms with van der Waals surface area (Å²) in [4.78, 5) is 7.18. The first-order valence-electron chi connectivity index (χ1n) is 8.60. The first-order chi connectivity index (χ1) is 10.8. The van der Waals surface area contributed by atoms with Gasteiger partial charge in [0.05, 0.1) is 15.2 Å². The maximum atomic E-state index is 4.55. The van der Waals surface area contributed by atoms with E-state index in [2.05, 4.69) is 40.3 Å². The number of aromatic nitrogens is 1. The van der Waals surface area contributed by atoms with Crippen LogP contribution in [0.25, 0.3) is 10.2 Å². The van der Waals surface area contributed by atoms with E-state index in [1.165, 1.54) is 55.6 Å². The Balaban J connectivity index is 0.00000156. The molecule has 0 saturated carbocycles. The summed E-state index contributed by atoms with van der Waals surface area (Å²) >= 11 is 1.81. The summed E-state index contributed by atoms with van der Waals surface area (Å²) < 4.78 is 1.33. The zero-order chi connectivity index (χ0) is 14.9. The van der Waals surface area contributed by atoms with Gasteiger partial charge in [-0.25, -0.2) is 4.98 Å². The van der Waals surface area contributed by atoms with Crippen molar-refractivity contribution in [3.8, 4) is 0 Å². The Morgan fingerprint density at radius 2 is 2.09 bits per heavy atom. The lowest BCUT2D eigenvalue weighted by Crippen LogP contribution is -2.40. The van der Waals surface area contributed by atoms with Crippen molar-refractivity contribution in [1.29, 1.82) is 0 Å². The second-order valence-electron chi connectivity index (χ2n) is 6.85. The minimum atomic E-state index is 0. The highest BCUT2D eigenvalue weighted by molar-refractivity contribution is 7.18. The van der Waals surface area contributed by atoms with Crippen LogP contribution < -0.4 is 5.32 Å². The molecule has 1 aromatic heterocycles. The number of halogens is 1. The Labute approximate surface area is 148 Å². The van der Waals surface area contributed by atoms with Crippen LogP contribution in [0.2, 0.25) is 0 Å². The van der Waals surface area contributed by atoms with Gasteiger partial charge in [0.15, 0.2) is 0 Å². The maximum Gasteiger partial charge on any atom is 0.0907 e. The van der Waals surface area contributed by atoms with Crippen molar-refractivity contribution in [1.82, 2.24) is 15.2 Å². The van der Waals surface area contributed by atoms with E-state index in [9.17, 15) is 0 Å². The van der Waals surface area contributed by atoms with Crippen LogP contribution in [0.3, 0.4) is 0 Å². The first kappa shape index (κ1) is 17.2. The molecule has 1 N–H and O–H groups in total. The molecule has 2 fully saturated rings. The number of fused-ring (bicyclic) bond motifs is 1. The molecule has 1 aromatic carbocycles. The molecule has 5 heteroatoms. The van der Waals surface area contributed by atoms with Gasteiger partial charge in [-0.3, -0.25) is 4.90 Å². The summed E-state index contributed by atoms with van der Waals surface area (Å²) in [6.07, 6.45) is 5.49. The predicted molar refractivity (Wildman–Crippen MR) is 101 cm³/mol. The van der Waals surface area contributed by atoms with Crippen LogP contribution in [-0.2, 0) is 6.54 Å². The normalized spacial score (nSPS) is 23.3. The summed E-state index contributed by atoms with van der Waals surface area (Å²) in [5.41, 5.74) is 2.59. The zero-order valence-electron chi connectivity index (χ0n) is 13.8. The van der Waals surface area contributed by atoms with Crippen LogP contribution in [0.15, 0.2) is 18.2 Å². The first-order valence-corrected chi connectivity index (χ1v) is 9.41. The Kier molecular flexibility index (Phi) is 5.57. The highest BCUT2D eigenvalue weighted by Gasteiger charge is 2.28. The number of hydrogen-bond acceptors (Lipinski definition) is 4. The molecule has 0 spiro atoms. The fraction of sp³-hybridized carbons (Fsp3) is 0.611. The van der Waals surface area contributed by atoms with Crippen LogP contribution in [0, 0.1) is 12.8 Å². The number of piperidine rings is 1. The van der Waals surface area contributed by atoms with Crippen LogP contribution in [0.1, 0.15) is 36.3 Å². The Morgan fingerprint density at radius 3 is 2.83 bits per heavy atom. The lowest BCUT2D eigenvalue weighted by atomic mass is 9.88. The second kappa shape index (κ2) is 7.47. The number of likely N-dealkylation sites (tertiary alicyclic amines) is 1. The van der Waals surface area contributed by atoms with E-state index in [-0.39, 0.29) is 12.4 Å². The molecule has 2 aromatic rings. The maximum absolute atomic E-state index is 4.55. The number of rotatable bonds is 3. The highest BCUT2D eigenvalue weighted by atomic mass is 35.5. The van der Waals surface area contributed by atoms with Gasteiger partial charge >= 0.3 is 0 Å². The number of aryl methyl sites for hydroxylation is 1. The van der Waals surface area contributed by atoms with Gasteiger partial charge in [-0.15, -0.1) is 23.7 Å². The summed E-state index contributed by atoms with van der Waals surface area (Å²) in [6.45, 7) is 6.92. The van der Waals surface area contributed by atoms with Gasteiger partial charge in [0, 0.05) is 12.6 Å². The van der Waals surface area contributed by atoms with Gasteiger partial charge in [0.1, 0.15) is 0 Å². The monoisotopic (exact) mass is 351 g/mol. The molecule has 0 amide bonds. The van der Waals surface area contributed by atoms with Crippen LogP contribution >= 0.6 is 23.7 Å². The van der Waals surface area contributed by atoms with Crippen LogP contribution in [0.5, 0.6) is 0 Å². The minimum absolute atomic E-state index is 0. The third-order valence-electron chi connectivity index (χ3n) is 5.27. The molecule has 23 heavy (non-hydrogen) atoms. The third kappa shape index (κ3) is 3.87. The van der Waals surface area contributed by atoms with Crippen molar-refractivity contribution in [2.24, 2.45) is 5.92 Å². The molecule has 2 aliphatic heterocycles. The molecule has 1 unspecified atom stereocenters. The minimum Gasteiger partial charge on any atom is -0.314 e. The molecule has 0 radical (unpaired) electrons. The van der Waals surface area contributed by atoms with Gasteiger partial charge in [-0.05, 0) is 75.9 Å². The SMILES string of the molecule is Cc1nc2ccc(CN3CCC(C4CCCN4)CC3)cc2s1.Cl. The third-order valence-corrected chi connectivity index (χ3v) is 6.20. The average Bonchev–Trinajstić information content (AvgIpc) is 3.16. The van der Waals surface area contributed by atoms with Crippen molar-refractivity contribution < 1.29 is 0 Å². The Morgan fingerprint density at radius 1 is 1.26 bits per heavy atom. The molecular formula is C18H26ClN3S. The van der Waals surface area contributed by atoms with Gasteiger partial charge < -0.3 is 5.32 Å². The van der Waals surface area contributed by atoms with E-state index in [1.54, 1.807) is 0 Å². The van der Waals surface area contributed by atoms with E-state index in [4.69, 9.17) is 0 Å². The predicted octanol–water partition coefficient (Wildman–Crippen LogP) is 3.99. The number of nitrogens with zero attached hydrogens (tertiary/aromatic N) is 2. The summed E-state index contributed by atoms with van der Waals surface area (Å²) in [5, 5.41) is 4.85. The lowest BCUT2D eigenvalue weighted by Gasteiger charge is -2.34. The van der Waals surface area contributed by atoms with Gasteiger partial charge in [-0.1, -0.05) is 6.07 Å². The Hall–Kier alpha value is -0.680. The van der Waals surface area contributed by atoms with Crippen molar-refractivity contribution >= 4 is 34.0 Å². The van der Waals surface area contributed by atoms with E-state index in [1.807, 2.05) is 11.3 Å². The van der Waals surface area contributed by atoms with E-state index in [0.717, 1.165) is 29.0 Å². The van der Waals surface area contributed by atoms with Crippen molar-refractivity contribution in [2.45, 2.75) is 45.2 Å². The van der Waals surface area contributed by atoms with Crippen LogP contribution in [-0.4, -0.2) is 35.6 Å². The largest absolute Gasteiger partial charge is 0.314 e. The van der Waals surface area contributed by atoms with Gasteiger partial charge in [0.2, 0.25) is 0 Å². The quantitative estimate of drug-likeness (QED) is 0.906. The topological polar surface area (TPSA) is 28.2 Å².